The molecule has 0 aromatic carbocycles. The summed E-state index contributed by atoms with van der Waals surface area (Å²) < 4.78 is 3.79. The van der Waals surface area contributed by atoms with Crippen molar-refractivity contribution in [1.82, 2.24) is 0 Å². The average molecular weight is 193 g/mol. The van der Waals surface area contributed by atoms with Crippen LogP contribution in [0.2, 0.25) is 0 Å². The van der Waals surface area contributed by atoms with Gasteiger partial charge in [-0.3, -0.25) is 0 Å². The van der Waals surface area contributed by atoms with E-state index in [0.717, 1.165) is 0 Å². The van der Waals surface area contributed by atoms with E-state index in [1.54, 1.807) is 0 Å². The van der Waals surface area contributed by atoms with Gasteiger partial charge in [0.05, 0.1) is 0 Å². The Morgan fingerprint density at radius 2 is 1.83 bits per heavy atom. The van der Waals surface area contributed by atoms with E-state index in [-0.39, 0.29) is 0 Å². The summed E-state index contributed by atoms with van der Waals surface area (Å²) in [6, 6.07) is 0. The second-order valence-electron chi connectivity index (χ2n) is 1.76. The van der Waals surface area contributed by atoms with Gasteiger partial charge in [0.1, 0.15) is 0 Å². The fourth-order valence-corrected chi connectivity index (χ4v) is 3.37. The van der Waals surface area contributed by atoms with Crippen molar-refractivity contribution >= 4 is 0 Å². The third-order valence-corrected chi connectivity index (χ3v) is 4.42. The van der Waals surface area contributed by atoms with Gasteiger partial charge in [-0.15, -0.1) is 0 Å². The molecule has 1 aliphatic heterocycles. The van der Waals surface area contributed by atoms with Gasteiger partial charge >= 0.3 is 47.6 Å². The molecular weight excluding hydrogens is 187 g/mol. The van der Waals surface area contributed by atoms with Crippen molar-refractivity contribution in [2.24, 2.45) is 0 Å². The molecule has 0 unspecified atom stereocenters. The van der Waals surface area contributed by atoms with Crippen LogP contribution in [0.15, 0.2) is 7.16 Å². The molecule has 0 fully saturated rings. The van der Waals surface area contributed by atoms with Gasteiger partial charge in [-0.25, -0.2) is 0 Å². The Labute approximate surface area is 47.9 Å². The molecule has 6 heavy (non-hydrogen) atoms. The fourth-order valence-electron chi connectivity index (χ4n) is 0.879. The van der Waals surface area contributed by atoms with Crippen LogP contribution < -0.4 is 21.2 Å². The second-order valence-corrected chi connectivity index (χ2v) is 4.90. The molecule has 34 valence electrons. The van der Waals surface area contributed by atoms with Crippen molar-refractivity contribution in [1.29, 1.82) is 0 Å². The molecule has 0 N–H and O–H groups in total. The molecule has 0 radical (unpaired) electrons. The van der Waals surface area contributed by atoms with Crippen molar-refractivity contribution in [2.75, 3.05) is 0 Å². The maximum atomic E-state index is 1.90. The number of rotatable bonds is 0. The minimum absolute atomic E-state index is 0.631. The first kappa shape index (κ1) is 3.47. The van der Waals surface area contributed by atoms with Gasteiger partial charge in [0.15, 0.2) is 0 Å². The summed E-state index contributed by atoms with van der Waals surface area (Å²) in [6.45, 7) is 0. The summed E-state index contributed by atoms with van der Waals surface area (Å²) >= 11 is 0.631. The molecule has 0 saturated heterocycles. The molecule has 1 aliphatic carbocycles. The molecule has 0 aromatic heterocycles. The molecule has 1 heteroatoms. The Hall–Kier alpha value is 0.470. The maximum absolute atomic E-state index is 1.90. The summed E-state index contributed by atoms with van der Waals surface area (Å²) in [5.41, 5.74) is 0. The standard InChI is InChI=1S/C5H6I/c1-2-4-5(3-1)6-4/h1-3H2/q-1. The number of allylic oxidation sites excluding steroid dienone is 2. The molecule has 0 aromatic rings. The van der Waals surface area contributed by atoms with E-state index < -0.39 is 0 Å². The topological polar surface area (TPSA) is 0 Å². The number of hydrogen-bond donors (Lipinski definition) is 0. The van der Waals surface area contributed by atoms with Crippen LogP contribution in [-0.2, 0) is 0 Å². The van der Waals surface area contributed by atoms with E-state index in [9.17, 15) is 0 Å². The van der Waals surface area contributed by atoms with E-state index in [4.69, 9.17) is 0 Å². The summed E-state index contributed by atoms with van der Waals surface area (Å²) in [5.74, 6) is 0. The van der Waals surface area contributed by atoms with E-state index >= 15 is 0 Å². The molecule has 2 rings (SSSR count). The molecule has 0 saturated carbocycles. The van der Waals surface area contributed by atoms with Crippen LogP contribution in [0.25, 0.3) is 0 Å². The summed E-state index contributed by atoms with van der Waals surface area (Å²) in [6.07, 6.45) is 4.47. The minimum atomic E-state index is 0.631. The zero-order valence-corrected chi connectivity index (χ0v) is 5.66. The van der Waals surface area contributed by atoms with Crippen LogP contribution in [0.4, 0.5) is 0 Å². The second kappa shape index (κ2) is 0.997. The Kier molecular flexibility index (Phi) is 0.576. The summed E-state index contributed by atoms with van der Waals surface area (Å²) in [5, 5.41) is 0. The van der Waals surface area contributed by atoms with E-state index in [1.807, 2.05) is 7.16 Å². The van der Waals surface area contributed by atoms with Gasteiger partial charge in [-0.05, 0) is 0 Å². The zero-order chi connectivity index (χ0) is 3.98. The molecular formula is C5H6I-. The predicted molar refractivity (Wildman–Crippen MR) is 20.9 cm³/mol. The van der Waals surface area contributed by atoms with Gasteiger partial charge in [-0.1, -0.05) is 0 Å². The Bertz CT molecular complexity index is 101. The summed E-state index contributed by atoms with van der Waals surface area (Å²) in [4.78, 5) is 0. The van der Waals surface area contributed by atoms with Gasteiger partial charge < -0.3 is 0 Å². The molecule has 0 nitrogen and oxygen atoms in total. The summed E-state index contributed by atoms with van der Waals surface area (Å²) in [7, 11) is 0. The Morgan fingerprint density at radius 1 is 1.17 bits per heavy atom. The molecule has 0 atom stereocenters. The normalized spacial score (nSPS) is 29.3. The SMILES string of the molecule is C1CC2=C(C1)[I-]2. The van der Waals surface area contributed by atoms with E-state index in [1.165, 1.54) is 19.3 Å². The van der Waals surface area contributed by atoms with Crippen molar-refractivity contribution in [3.8, 4) is 0 Å². The monoisotopic (exact) mass is 193 g/mol. The van der Waals surface area contributed by atoms with Crippen LogP contribution >= 0.6 is 0 Å². The third kappa shape index (κ3) is 0.346. The number of halogens is 1. The molecule has 2 aliphatic rings. The molecule has 1 heterocycles. The third-order valence-electron chi connectivity index (χ3n) is 1.28. The van der Waals surface area contributed by atoms with Gasteiger partial charge in [0, 0.05) is 0 Å². The predicted octanol–water partition coefficient (Wildman–Crippen LogP) is -1.52. The average Bonchev–Trinajstić information content (AvgIpc) is 2.17. The quantitative estimate of drug-likeness (QED) is 0.410. The van der Waals surface area contributed by atoms with Crippen molar-refractivity contribution in [3.63, 3.8) is 0 Å². The molecule has 0 bridgehead atoms. The van der Waals surface area contributed by atoms with Crippen LogP contribution in [0.5, 0.6) is 0 Å². The van der Waals surface area contributed by atoms with Crippen LogP contribution in [0.3, 0.4) is 0 Å². The van der Waals surface area contributed by atoms with Crippen molar-refractivity contribution < 1.29 is 21.2 Å². The van der Waals surface area contributed by atoms with E-state index in [0.29, 0.717) is 21.2 Å². The Morgan fingerprint density at radius 3 is 2.00 bits per heavy atom. The van der Waals surface area contributed by atoms with Crippen molar-refractivity contribution in [3.05, 3.63) is 7.16 Å². The van der Waals surface area contributed by atoms with Crippen LogP contribution in [0.1, 0.15) is 19.3 Å². The van der Waals surface area contributed by atoms with Crippen LogP contribution in [-0.4, -0.2) is 0 Å². The molecule has 0 amide bonds. The van der Waals surface area contributed by atoms with Gasteiger partial charge in [0.2, 0.25) is 0 Å². The fraction of sp³-hybridized carbons (Fsp3) is 0.600. The first-order valence-corrected chi connectivity index (χ1v) is 4.49. The first-order valence-electron chi connectivity index (χ1n) is 2.34. The van der Waals surface area contributed by atoms with Gasteiger partial charge in [0.25, 0.3) is 0 Å². The zero-order valence-electron chi connectivity index (χ0n) is 3.50. The first-order chi connectivity index (χ1) is 2.97. The van der Waals surface area contributed by atoms with Crippen molar-refractivity contribution in [2.45, 2.75) is 19.3 Å². The number of hydrogen-bond acceptors (Lipinski definition) is 0. The molecule has 0 spiro atoms. The van der Waals surface area contributed by atoms with E-state index in [2.05, 4.69) is 0 Å². The van der Waals surface area contributed by atoms with Gasteiger partial charge in [-0.2, -0.15) is 0 Å². The van der Waals surface area contributed by atoms with Crippen LogP contribution in [0, 0.1) is 0 Å². The Balaban J connectivity index is 2.29.